The van der Waals surface area contributed by atoms with Gasteiger partial charge in [0.1, 0.15) is 0 Å². The Morgan fingerprint density at radius 3 is 1.24 bits per heavy atom. The average Bonchev–Trinajstić information content (AvgIpc) is 2.90. The molecule has 0 saturated heterocycles. The van der Waals surface area contributed by atoms with Gasteiger partial charge in [0.2, 0.25) is 0 Å². The van der Waals surface area contributed by atoms with Crippen molar-refractivity contribution in [1.82, 2.24) is 0 Å². The molecule has 8 heteroatoms. The molecule has 2 unspecified atom stereocenters. The number of benzene rings is 4. The maximum atomic E-state index is 6.46. The van der Waals surface area contributed by atoms with Gasteiger partial charge in [0.25, 0.3) is 0 Å². The molecular weight excluding hydrogens is 637 g/mol. The smallest absolute Gasteiger partial charge is 0.0562 e. The van der Waals surface area contributed by atoms with Crippen LogP contribution in [0.25, 0.3) is 0 Å². The maximum Gasteiger partial charge on any atom is 0.0562 e. The molecule has 0 heterocycles. The monoisotopic (exact) mass is 664 g/mol. The zero-order valence-electron chi connectivity index (χ0n) is 22.2. The van der Waals surface area contributed by atoms with E-state index in [1.54, 1.807) is 12.1 Å². The van der Waals surface area contributed by atoms with Crippen LogP contribution >= 0.6 is 46.4 Å². The van der Waals surface area contributed by atoms with Crippen LogP contribution in [-0.4, -0.2) is 0 Å². The lowest BCUT2D eigenvalue weighted by Gasteiger charge is -2.21. The summed E-state index contributed by atoms with van der Waals surface area (Å²) in [5.74, 6) is 0. The predicted octanol–water partition coefficient (Wildman–Crippen LogP) is 5.36. The summed E-state index contributed by atoms with van der Waals surface area (Å²) in [6.07, 6.45) is 6.08. The molecule has 4 aromatic carbocycles. The first-order valence-electron chi connectivity index (χ1n) is 12.7. The number of hydrogen-bond donors (Lipinski definition) is 2. The Balaban J connectivity index is 0.00000294. The molecule has 0 radical (unpaired) electrons. The van der Waals surface area contributed by atoms with E-state index in [9.17, 15) is 0 Å². The third-order valence-corrected chi connectivity index (χ3v) is 7.60. The summed E-state index contributed by atoms with van der Waals surface area (Å²) in [7, 11) is 0. The highest BCUT2D eigenvalue weighted by atomic mass is 35.5. The van der Waals surface area contributed by atoms with E-state index in [0.717, 1.165) is 41.8 Å². The molecule has 0 aromatic heterocycles. The Hall–Kier alpha value is -2.30. The molecule has 0 aliphatic heterocycles. The topological polar surface area (TPSA) is 24.1 Å². The number of hydrogen-bond acceptors (Lipinski definition) is 2. The molecular formula is C33H30Cl6N2-2. The molecule has 2 nitrogen and oxygen atoms in total. The van der Waals surface area contributed by atoms with Crippen LogP contribution in [0, 0.1) is 0 Å². The molecule has 216 valence electrons. The zero-order chi connectivity index (χ0) is 27.8. The summed E-state index contributed by atoms with van der Waals surface area (Å²) < 4.78 is 0. The molecule has 0 aliphatic carbocycles. The van der Waals surface area contributed by atoms with Gasteiger partial charge in [-0.05, 0) is 90.0 Å². The van der Waals surface area contributed by atoms with Crippen molar-refractivity contribution in [2.45, 2.75) is 31.3 Å². The second-order valence-electron chi connectivity index (χ2n) is 9.34. The van der Waals surface area contributed by atoms with Crippen molar-refractivity contribution in [2.75, 3.05) is 10.6 Å². The highest BCUT2D eigenvalue weighted by Gasteiger charge is 2.15. The highest BCUT2D eigenvalue weighted by Crippen LogP contribution is 2.32. The van der Waals surface area contributed by atoms with Crippen molar-refractivity contribution < 1.29 is 24.8 Å². The first-order chi connectivity index (χ1) is 18.9. The molecule has 0 bridgehead atoms. The molecule has 4 aromatic rings. The Morgan fingerprint density at radius 2 is 0.927 bits per heavy atom. The van der Waals surface area contributed by atoms with Gasteiger partial charge in [0.15, 0.2) is 0 Å². The van der Waals surface area contributed by atoms with Gasteiger partial charge in [0.05, 0.1) is 12.1 Å². The SMILES string of the molecule is C=CCC(Nc1ccc(Cc2ccc(NC(CC=C)c3ccc(Cl)cc3Cl)cc2)cc1)c1ccc(Cl)cc1Cl.[Cl-].[Cl-]. The molecule has 2 atom stereocenters. The van der Waals surface area contributed by atoms with Gasteiger partial charge in [-0.15, -0.1) is 13.2 Å². The van der Waals surface area contributed by atoms with Crippen LogP contribution in [0.15, 0.2) is 110 Å². The van der Waals surface area contributed by atoms with Gasteiger partial charge in [-0.25, -0.2) is 0 Å². The maximum absolute atomic E-state index is 6.46. The van der Waals surface area contributed by atoms with Gasteiger partial charge < -0.3 is 35.4 Å². The minimum atomic E-state index is 0. The lowest BCUT2D eigenvalue weighted by molar-refractivity contribution is -0.00100. The third kappa shape index (κ3) is 9.89. The Labute approximate surface area is 275 Å². The molecule has 0 aliphatic rings. The van der Waals surface area contributed by atoms with E-state index in [2.05, 4.69) is 72.3 Å². The van der Waals surface area contributed by atoms with Crippen LogP contribution < -0.4 is 35.4 Å². The average molecular weight is 667 g/mol. The largest absolute Gasteiger partial charge is 1.00 e. The van der Waals surface area contributed by atoms with Crippen LogP contribution in [0.4, 0.5) is 11.4 Å². The van der Waals surface area contributed by atoms with Gasteiger partial charge in [-0.1, -0.05) is 95.0 Å². The quantitative estimate of drug-likeness (QED) is 0.199. The van der Waals surface area contributed by atoms with E-state index in [1.807, 2.05) is 36.4 Å². The fourth-order valence-corrected chi connectivity index (χ4v) is 5.58. The first kappa shape index (κ1) is 34.9. The normalized spacial score (nSPS) is 11.8. The van der Waals surface area contributed by atoms with E-state index in [-0.39, 0.29) is 36.9 Å². The molecule has 0 spiro atoms. The summed E-state index contributed by atoms with van der Waals surface area (Å²) in [5.41, 5.74) is 6.47. The second kappa shape index (κ2) is 17.0. The van der Waals surface area contributed by atoms with E-state index in [0.29, 0.717) is 20.1 Å². The van der Waals surface area contributed by atoms with Crippen LogP contribution in [0.5, 0.6) is 0 Å². The van der Waals surface area contributed by atoms with Gasteiger partial charge in [-0.3, -0.25) is 0 Å². The molecule has 0 amide bonds. The standard InChI is InChI=1S/C33H30Cl4N2.2ClH/c1-3-5-32(28-17-11-24(34)20-30(28)36)38-26-13-7-22(8-14-26)19-23-9-15-27(16-10-23)39-33(6-4-2)29-18-12-25(35)21-31(29)37;;/h3-4,7-18,20-21,32-33,38-39H,1-2,5-6,19H2;2*1H/p-2. The Kier molecular flexibility index (Phi) is 14.4. The highest BCUT2D eigenvalue weighted by molar-refractivity contribution is 6.35. The van der Waals surface area contributed by atoms with E-state index in [1.165, 1.54) is 11.1 Å². The van der Waals surface area contributed by atoms with Crippen molar-refractivity contribution in [3.8, 4) is 0 Å². The lowest BCUT2D eigenvalue weighted by Crippen LogP contribution is -3.00. The Bertz CT molecular complexity index is 1310. The minimum absolute atomic E-state index is 0. The van der Waals surface area contributed by atoms with E-state index in [4.69, 9.17) is 46.4 Å². The third-order valence-electron chi connectivity index (χ3n) is 6.48. The summed E-state index contributed by atoms with van der Waals surface area (Å²) in [5, 5.41) is 9.67. The van der Waals surface area contributed by atoms with E-state index < -0.39 is 0 Å². The molecule has 0 saturated carbocycles. The van der Waals surface area contributed by atoms with Crippen molar-refractivity contribution in [1.29, 1.82) is 0 Å². The van der Waals surface area contributed by atoms with E-state index >= 15 is 0 Å². The summed E-state index contributed by atoms with van der Waals surface area (Å²) >= 11 is 25.1. The number of nitrogens with one attached hydrogen (secondary N) is 2. The van der Waals surface area contributed by atoms with Crippen molar-refractivity contribution in [2.24, 2.45) is 0 Å². The van der Waals surface area contributed by atoms with Crippen LogP contribution in [-0.2, 0) is 6.42 Å². The van der Waals surface area contributed by atoms with Crippen molar-refractivity contribution in [3.63, 3.8) is 0 Å². The predicted molar refractivity (Wildman–Crippen MR) is 171 cm³/mol. The molecule has 4 rings (SSSR count). The minimum Gasteiger partial charge on any atom is -1.00 e. The molecule has 2 N–H and O–H groups in total. The Morgan fingerprint density at radius 1 is 0.561 bits per heavy atom. The summed E-state index contributed by atoms with van der Waals surface area (Å²) in [6, 6.07) is 28.2. The molecule has 0 fully saturated rings. The van der Waals surface area contributed by atoms with Crippen LogP contribution in [0.3, 0.4) is 0 Å². The van der Waals surface area contributed by atoms with Crippen molar-refractivity contribution >= 4 is 57.8 Å². The second-order valence-corrected chi connectivity index (χ2v) is 11.0. The zero-order valence-corrected chi connectivity index (χ0v) is 26.7. The molecule has 41 heavy (non-hydrogen) atoms. The summed E-state index contributed by atoms with van der Waals surface area (Å²) in [6.45, 7) is 7.80. The first-order valence-corrected chi connectivity index (χ1v) is 14.2. The van der Waals surface area contributed by atoms with Gasteiger partial charge >= 0.3 is 0 Å². The van der Waals surface area contributed by atoms with Gasteiger partial charge in [0, 0.05) is 31.5 Å². The van der Waals surface area contributed by atoms with Crippen LogP contribution in [0.1, 0.15) is 47.2 Å². The number of rotatable bonds is 12. The van der Waals surface area contributed by atoms with Crippen LogP contribution in [0.2, 0.25) is 20.1 Å². The fourth-order valence-electron chi connectivity index (χ4n) is 4.50. The lowest BCUT2D eigenvalue weighted by atomic mass is 10.0. The van der Waals surface area contributed by atoms with Gasteiger partial charge in [-0.2, -0.15) is 0 Å². The number of halogens is 6. The number of anilines is 2. The summed E-state index contributed by atoms with van der Waals surface area (Å²) in [4.78, 5) is 0. The fraction of sp³-hybridized carbons (Fsp3) is 0.152. The van der Waals surface area contributed by atoms with Crippen molar-refractivity contribution in [3.05, 3.63) is 153 Å².